The first-order valence-corrected chi connectivity index (χ1v) is 10.8. The minimum atomic E-state index is -0.418. The average Bonchev–Trinajstić information content (AvgIpc) is 3.22. The molecule has 0 saturated carbocycles. The van der Waals surface area contributed by atoms with Crippen LogP contribution in [0.1, 0.15) is 43.7 Å². The third-order valence-electron chi connectivity index (χ3n) is 6.23. The summed E-state index contributed by atoms with van der Waals surface area (Å²) in [5, 5.41) is 14.8. The van der Waals surface area contributed by atoms with Crippen LogP contribution in [0.5, 0.6) is 11.6 Å². The van der Waals surface area contributed by atoms with E-state index in [1.165, 1.54) is 0 Å². The lowest BCUT2D eigenvalue weighted by atomic mass is 9.70. The molecule has 0 radical (unpaired) electrons. The summed E-state index contributed by atoms with van der Waals surface area (Å²) >= 11 is 0. The monoisotopic (exact) mass is 439 g/mol. The second-order valence-corrected chi connectivity index (χ2v) is 9.28. The summed E-state index contributed by atoms with van der Waals surface area (Å²) in [5.74, 6) is 1.17. The third kappa shape index (κ3) is 3.09. The van der Waals surface area contributed by atoms with E-state index in [1.54, 1.807) is 41.4 Å². The fourth-order valence-electron chi connectivity index (χ4n) is 4.80. The highest BCUT2D eigenvalue weighted by atomic mass is 16.5. The SMILES string of the molecule is CC1(C)CC(=O)C2=C(C1)Oc1ncn3nc(-c4ccccc4O)nc3c1[C@@H]2c1cccnc1. The summed E-state index contributed by atoms with van der Waals surface area (Å²) in [6.45, 7) is 4.14. The number of fused-ring (bicyclic) bond motifs is 3. The van der Waals surface area contributed by atoms with Crippen LogP contribution in [-0.2, 0) is 4.79 Å². The maximum absolute atomic E-state index is 13.4. The van der Waals surface area contributed by atoms with E-state index in [2.05, 4.69) is 28.9 Å². The number of benzene rings is 1. The van der Waals surface area contributed by atoms with Crippen LogP contribution in [0.2, 0.25) is 0 Å². The molecule has 0 saturated heterocycles. The lowest BCUT2D eigenvalue weighted by Crippen LogP contribution is -2.33. The first-order valence-electron chi connectivity index (χ1n) is 10.8. The summed E-state index contributed by atoms with van der Waals surface area (Å²) in [5.41, 5.74) is 3.02. The number of ether oxygens (including phenoxy) is 1. The molecule has 0 unspecified atom stereocenters. The molecule has 1 aromatic carbocycles. The molecule has 8 heteroatoms. The Bertz CT molecular complexity index is 1460. The Morgan fingerprint density at radius 1 is 1.15 bits per heavy atom. The predicted molar refractivity (Wildman–Crippen MR) is 120 cm³/mol. The number of hydrogen-bond donors (Lipinski definition) is 1. The Morgan fingerprint density at radius 3 is 2.79 bits per heavy atom. The number of carbonyl (C=O) groups excluding carboxylic acids is 1. The van der Waals surface area contributed by atoms with Gasteiger partial charge < -0.3 is 9.84 Å². The van der Waals surface area contributed by atoms with E-state index in [0.717, 1.165) is 5.56 Å². The van der Waals surface area contributed by atoms with Gasteiger partial charge in [-0.3, -0.25) is 9.78 Å². The number of ketones is 1. The van der Waals surface area contributed by atoms with Gasteiger partial charge >= 0.3 is 0 Å². The largest absolute Gasteiger partial charge is 0.507 e. The molecule has 6 rings (SSSR count). The Labute approximate surface area is 189 Å². The van der Waals surface area contributed by atoms with E-state index in [9.17, 15) is 9.90 Å². The molecule has 0 amide bonds. The smallest absolute Gasteiger partial charge is 0.228 e. The molecule has 164 valence electrons. The van der Waals surface area contributed by atoms with Crippen molar-refractivity contribution in [3.05, 3.63) is 77.6 Å². The van der Waals surface area contributed by atoms with Gasteiger partial charge in [0.15, 0.2) is 17.3 Å². The summed E-state index contributed by atoms with van der Waals surface area (Å²) < 4.78 is 7.80. The van der Waals surface area contributed by atoms with Gasteiger partial charge in [-0.25, -0.2) is 14.5 Å². The molecule has 0 spiro atoms. The number of phenols is 1. The summed E-state index contributed by atoms with van der Waals surface area (Å²) in [4.78, 5) is 27.0. The van der Waals surface area contributed by atoms with Gasteiger partial charge in [0.25, 0.3) is 0 Å². The van der Waals surface area contributed by atoms with E-state index >= 15 is 0 Å². The number of allylic oxidation sites excluding steroid dienone is 2. The molecule has 4 heterocycles. The Kier molecular flexibility index (Phi) is 4.14. The maximum atomic E-state index is 13.4. The second kappa shape index (κ2) is 6.96. The Balaban J connectivity index is 1.61. The first kappa shape index (κ1) is 19.6. The van der Waals surface area contributed by atoms with Gasteiger partial charge in [-0.15, -0.1) is 5.10 Å². The highest BCUT2D eigenvalue weighted by molar-refractivity contribution is 6.00. The number of rotatable bonds is 2. The number of nitrogens with zero attached hydrogens (tertiary/aromatic N) is 5. The van der Waals surface area contributed by atoms with Crippen LogP contribution in [0.15, 0.2) is 66.5 Å². The van der Waals surface area contributed by atoms with Crippen molar-refractivity contribution in [1.82, 2.24) is 24.6 Å². The summed E-state index contributed by atoms with van der Waals surface area (Å²) in [6, 6.07) is 10.7. The molecular formula is C25H21N5O3. The molecular weight excluding hydrogens is 418 g/mol. The molecule has 1 aliphatic carbocycles. The van der Waals surface area contributed by atoms with Crippen molar-refractivity contribution in [3.63, 3.8) is 0 Å². The molecule has 0 bridgehead atoms. The number of aromatic hydroxyl groups is 1. The van der Waals surface area contributed by atoms with Crippen LogP contribution in [-0.4, -0.2) is 35.5 Å². The molecule has 4 aromatic rings. The van der Waals surface area contributed by atoms with Gasteiger partial charge in [-0.1, -0.05) is 32.0 Å². The Morgan fingerprint density at radius 2 is 2.00 bits per heavy atom. The van der Waals surface area contributed by atoms with Crippen LogP contribution in [0, 0.1) is 5.41 Å². The van der Waals surface area contributed by atoms with Crippen molar-refractivity contribution >= 4 is 11.4 Å². The number of aromatic nitrogens is 5. The molecule has 8 nitrogen and oxygen atoms in total. The first-order chi connectivity index (χ1) is 15.9. The van der Waals surface area contributed by atoms with E-state index < -0.39 is 5.92 Å². The highest BCUT2D eigenvalue weighted by Crippen LogP contribution is 2.50. The minimum Gasteiger partial charge on any atom is -0.507 e. The molecule has 33 heavy (non-hydrogen) atoms. The maximum Gasteiger partial charge on any atom is 0.228 e. The van der Waals surface area contributed by atoms with Crippen molar-refractivity contribution in [3.8, 4) is 23.0 Å². The summed E-state index contributed by atoms with van der Waals surface area (Å²) in [7, 11) is 0. The molecule has 3 aromatic heterocycles. The fraction of sp³-hybridized carbons (Fsp3) is 0.240. The van der Waals surface area contributed by atoms with Crippen LogP contribution in [0.25, 0.3) is 17.0 Å². The second-order valence-electron chi connectivity index (χ2n) is 9.28. The number of pyridine rings is 1. The van der Waals surface area contributed by atoms with Crippen LogP contribution in [0.3, 0.4) is 0 Å². The zero-order valence-corrected chi connectivity index (χ0v) is 18.2. The molecule has 0 fully saturated rings. The third-order valence-corrected chi connectivity index (χ3v) is 6.23. The number of phenolic OH excluding ortho intramolecular Hbond substituents is 1. The lowest BCUT2D eigenvalue weighted by molar-refractivity contribution is -0.118. The number of para-hydroxylation sites is 1. The topological polar surface area (TPSA) is 102 Å². The van der Waals surface area contributed by atoms with Gasteiger partial charge in [-0.2, -0.15) is 0 Å². The molecule has 1 N–H and O–H groups in total. The van der Waals surface area contributed by atoms with E-state index in [4.69, 9.17) is 9.72 Å². The Hall–Kier alpha value is -4.07. The van der Waals surface area contributed by atoms with Gasteiger partial charge in [-0.05, 0) is 29.2 Å². The quantitative estimate of drug-likeness (QED) is 0.502. The van der Waals surface area contributed by atoms with Crippen LogP contribution < -0.4 is 4.74 Å². The fourth-order valence-corrected chi connectivity index (χ4v) is 4.80. The zero-order chi connectivity index (χ0) is 22.7. The normalized spacial score (nSPS) is 19.2. The molecule has 1 aliphatic heterocycles. The van der Waals surface area contributed by atoms with Gasteiger partial charge in [0, 0.05) is 30.8 Å². The number of Topliss-reactive ketones (excluding diaryl/α,β-unsaturated/α-hetero) is 1. The van der Waals surface area contributed by atoms with Crippen LogP contribution >= 0.6 is 0 Å². The van der Waals surface area contributed by atoms with Crippen molar-refractivity contribution in [2.75, 3.05) is 0 Å². The van der Waals surface area contributed by atoms with Gasteiger partial charge in [0.1, 0.15) is 17.8 Å². The van der Waals surface area contributed by atoms with Gasteiger partial charge in [0.2, 0.25) is 5.88 Å². The average molecular weight is 439 g/mol. The van der Waals surface area contributed by atoms with Crippen molar-refractivity contribution in [2.45, 2.75) is 32.6 Å². The highest BCUT2D eigenvalue weighted by Gasteiger charge is 2.44. The zero-order valence-electron chi connectivity index (χ0n) is 18.2. The predicted octanol–water partition coefficient (Wildman–Crippen LogP) is 4.06. The van der Waals surface area contributed by atoms with Gasteiger partial charge in [0.05, 0.1) is 17.0 Å². The van der Waals surface area contributed by atoms with E-state index in [0.29, 0.717) is 52.7 Å². The molecule has 2 aliphatic rings. The summed E-state index contributed by atoms with van der Waals surface area (Å²) in [6.07, 6.45) is 6.10. The number of hydrogen-bond acceptors (Lipinski definition) is 7. The van der Waals surface area contributed by atoms with E-state index in [1.807, 2.05) is 18.2 Å². The van der Waals surface area contributed by atoms with E-state index in [-0.39, 0.29) is 16.9 Å². The van der Waals surface area contributed by atoms with Crippen molar-refractivity contribution in [1.29, 1.82) is 0 Å². The minimum absolute atomic E-state index is 0.0585. The van der Waals surface area contributed by atoms with Crippen molar-refractivity contribution < 1.29 is 14.6 Å². The van der Waals surface area contributed by atoms with Crippen molar-refractivity contribution in [2.24, 2.45) is 5.41 Å². The number of carbonyl (C=O) groups is 1. The standard InChI is InChI=1S/C25H21N5O3/c1-25(2)10-17(32)20-18(11-25)33-24-21(19(20)14-6-5-9-26-12-14)23-28-22(29-30(23)13-27-24)15-7-3-4-8-16(15)31/h3-9,12-13,19,31H,10-11H2,1-2H3/t19-/m1/s1. The molecule has 1 atom stereocenters. The lowest BCUT2D eigenvalue weighted by Gasteiger charge is -2.37. The van der Waals surface area contributed by atoms with Crippen LogP contribution in [0.4, 0.5) is 0 Å².